The average molecular weight is 354 g/mol. The van der Waals surface area contributed by atoms with Crippen molar-refractivity contribution < 1.29 is 0 Å². The number of nitrogens with zero attached hydrogens (tertiary/aromatic N) is 6. The highest BCUT2D eigenvalue weighted by Gasteiger charge is 2.15. The van der Waals surface area contributed by atoms with Crippen LogP contribution in [0.1, 0.15) is 5.56 Å². The summed E-state index contributed by atoms with van der Waals surface area (Å²) in [7, 11) is 0. The van der Waals surface area contributed by atoms with E-state index >= 15 is 0 Å². The predicted octanol–water partition coefficient (Wildman–Crippen LogP) is 2.55. The summed E-state index contributed by atoms with van der Waals surface area (Å²) in [6.45, 7) is 0.427. The molecule has 0 atom stereocenters. The number of rotatable bonds is 3. The highest BCUT2D eigenvalue weighted by atomic mass is 16.1. The van der Waals surface area contributed by atoms with Crippen LogP contribution in [-0.4, -0.2) is 29.4 Å². The van der Waals surface area contributed by atoms with Crippen molar-refractivity contribution in [3.05, 3.63) is 89.1 Å². The molecule has 0 unspecified atom stereocenters. The lowest BCUT2D eigenvalue weighted by Gasteiger charge is -2.06. The van der Waals surface area contributed by atoms with Crippen molar-refractivity contribution in [2.75, 3.05) is 0 Å². The molecule has 0 fully saturated rings. The maximum atomic E-state index is 12.8. The van der Waals surface area contributed by atoms with Crippen LogP contribution < -0.4 is 5.56 Å². The molecule has 3 aromatic heterocycles. The molecule has 0 aliphatic rings. The Balaban J connectivity index is 1.66. The van der Waals surface area contributed by atoms with Crippen LogP contribution in [0.2, 0.25) is 0 Å². The molecule has 0 amide bonds. The van der Waals surface area contributed by atoms with Crippen LogP contribution in [-0.2, 0) is 6.54 Å². The van der Waals surface area contributed by atoms with E-state index in [4.69, 9.17) is 0 Å². The van der Waals surface area contributed by atoms with Crippen LogP contribution in [0.4, 0.5) is 0 Å². The van der Waals surface area contributed by atoms with Crippen LogP contribution in [0.3, 0.4) is 0 Å². The largest absolute Gasteiger partial charge is 0.293 e. The molecule has 130 valence electrons. The SMILES string of the molecule is O=c1c2nnc3c(-c4ccccc4)cnn3c2ncn1Cc1ccccc1. The molecule has 0 aliphatic carbocycles. The lowest BCUT2D eigenvalue weighted by Crippen LogP contribution is -2.23. The minimum atomic E-state index is -0.241. The summed E-state index contributed by atoms with van der Waals surface area (Å²) in [6, 6.07) is 19.6. The Bertz CT molecular complexity index is 1310. The van der Waals surface area contributed by atoms with Crippen molar-refractivity contribution in [1.29, 1.82) is 0 Å². The van der Waals surface area contributed by atoms with Crippen molar-refractivity contribution in [1.82, 2.24) is 29.4 Å². The van der Waals surface area contributed by atoms with Gasteiger partial charge in [-0.05, 0) is 11.1 Å². The standard InChI is InChI=1S/C20H14N6O/c27-20-17-19(21-13-25(20)12-14-7-3-1-4-8-14)26-18(24-23-17)16(11-22-26)15-9-5-2-6-10-15/h1-11,13H,12H2. The molecule has 2 aromatic carbocycles. The van der Waals surface area contributed by atoms with Gasteiger partial charge < -0.3 is 0 Å². The first-order valence-corrected chi connectivity index (χ1v) is 8.50. The maximum Gasteiger partial charge on any atom is 0.283 e. The summed E-state index contributed by atoms with van der Waals surface area (Å²) < 4.78 is 3.10. The van der Waals surface area contributed by atoms with Crippen molar-refractivity contribution in [3.8, 4) is 11.1 Å². The molecule has 5 aromatic rings. The monoisotopic (exact) mass is 354 g/mol. The Morgan fingerprint density at radius 1 is 0.852 bits per heavy atom. The van der Waals surface area contributed by atoms with Gasteiger partial charge in [0.15, 0.2) is 16.8 Å². The zero-order chi connectivity index (χ0) is 18.2. The quantitative estimate of drug-likeness (QED) is 0.498. The molecular weight excluding hydrogens is 340 g/mol. The van der Waals surface area contributed by atoms with E-state index in [1.807, 2.05) is 60.7 Å². The van der Waals surface area contributed by atoms with Gasteiger partial charge in [-0.15, -0.1) is 10.2 Å². The number of hydrogen-bond donors (Lipinski definition) is 0. The Labute approximate surface area is 153 Å². The first kappa shape index (κ1) is 15.4. The Morgan fingerprint density at radius 3 is 2.37 bits per heavy atom. The van der Waals surface area contributed by atoms with Crippen LogP contribution in [0.15, 0.2) is 78.0 Å². The topological polar surface area (TPSA) is 78.0 Å². The summed E-state index contributed by atoms with van der Waals surface area (Å²) in [4.78, 5) is 17.3. The van der Waals surface area contributed by atoms with E-state index in [0.29, 0.717) is 17.8 Å². The molecule has 0 bridgehead atoms. The van der Waals surface area contributed by atoms with E-state index in [-0.39, 0.29) is 11.1 Å². The molecule has 3 heterocycles. The lowest BCUT2D eigenvalue weighted by molar-refractivity contribution is 0.737. The fraction of sp³-hybridized carbons (Fsp3) is 0.0500. The van der Waals surface area contributed by atoms with E-state index < -0.39 is 0 Å². The van der Waals surface area contributed by atoms with Crippen molar-refractivity contribution in [2.45, 2.75) is 6.54 Å². The van der Waals surface area contributed by atoms with Gasteiger partial charge in [-0.2, -0.15) is 9.61 Å². The lowest BCUT2D eigenvalue weighted by atomic mass is 10.1. The fourth-order valence-corrected chi connectivity index (χ4v) is 3.12. The van der Waals surface area contributed by atoms with E-state index in [0.717, 1.165) is 16.7 Å². The van der Waals surface area contributed by atoms with Crippen LogP contribution in [0.5, 0.6) is 0 Å². The average Bonchev–Trinajstić information content (AvgIpc) is 3.16. The number of fused-ring (bicyclic) bond motifs is 3. The van der Waals surface area contributed by atoms with Gasteiger partial charge in [0.1, 0.15) is 6.33 Å². The third-order valence-electron chi connectivity index (χ3n) is 4.46. The maximum absolute atomic E-state index is 12.8. The third-order valence-corrected chi connectivity index (χ3v) is 4.46. The van der Waals surface area contributed by atoms with E-state index in [9.17, 15) is 4.79 Å². The normalized spacial score (nSPS) is 11.3. The van der Waals surface area contributed by atoms with Gasteiger partial charge in [0.25, 0.3) is 5.56 Å². The molecule has 0 aliphatic heterocycles. The van der Waals surface area contributed by atoms with E-state index in [1.165, 1.54) is 10.9 Å². The Hall–Kier alpha value is -3.87. The Kier molecular flexibility index (Phi) is 3.50. The van der Waals surface area contributed by atoms with E-state index in [1.54, 1.807) is 10.7 Å². The first-order chi connectivity index (χ1) is 13.3. The number of benzene rings is 2. The highest BCUT2D eigenvalue weighted by molar-refractivity contribution is 5.80. The molecule has 0 saturated heterocycles. The summed E-state index contributed by atoms with van der Waals surface area (Å²) in [5, 5.41) is 12.8. The van der Waals surface area contributed by atoms with Crippen LogP contribution in [0.25, 0.3) is 27.9 Å². The van der Waals surface area contributed by atoms with Crippen LogP contribution >= 0.6 is 0 Å². The molecule has 7 nitrogen and oxygen atoms in total. The minimum Gasteiger partial charge on any atom is -0.293 e. The number of aromatic nitrogens is 6. The molecule has 0 N–H and O–H groups in total. The second kappa shape index (κ2) is 6.14. The summed E-state index contributed by atoms with van der Waals surface area (Å²) in [6.07, 6.45) is 3.25. The minimum absolute atomic E-state index is 0.198. The van der Waals surface area contributed by atoms with Gasteiger partial charge in [-0.3, -0.25) is 9.36 Å². The van der Waals surface area contributed by atoms with Gasteiger partial charge in [0.05, 0.1) is 12.7 Å². The highest BCUT2D eigenvalue weighted by Crippen LogP contribution is 2.23. The predicted molar refractivity (Wildman–Crippen MR) is 101 cm³/mol. The number of hydrogen-bond acceptors (Lipinski definition) is 5. The third kappa shape index (κ3) is 2.56. The van der Waals surface area contributed by atoms with Crippen molar-refractivity contribution in [2.24, 2.45) is 0 Å². The van der Waals surface area contributed by atoms with Gasteiger partial charge in [0, 0.05) is 5.56 Å². The molecular formula is C20H14N6O. The summed E-state index contributed by atoms with van der Waals surface area (Å²) >= 11 is 0. The van der Waals surface area contributed by atoms with Gasteiger partial charge in [0.2, 0.25) is 0 Å². The zero-order valence-corrected chi connectivity index (χ0v) is 14.2. The van der Waals surface area contributed by atoms with E-state index in [2.05, 4.69) is 20.3 Å². The van der Waals surface area contributed by atoms with Crippen molar-refractivity contribution >= 4 is 16.8 Å². The summed E-state index contributed by atoms with van der Waals surface area (Å²) in [5.74, 6) is 0. The Morgan fingerprint density at radius 2 is 1.59 bits per heavy atom. The molecule has 27 heavy (non-hydrogen) atoms. The smallest absolute Gasteiger partial charge is 0.283 e. The zero-order valence-electron chi connectivity index (χ0n) is 14.2. The second-order valence-corrected chi connectivity index (χ2v) is 6.20. The molecule has 0 saturated carbocycles. The first-order valence-electron chi connectivity index (χ1n) is 8.50. The molecule has 7 heteroatoms. The van der Waals surface area contributed by atoms with Gasteiger partial charge >= 0.3 is 0 Å². The van der Waals surface area contributed by atoms with Gasteiger partial charge in [-0.1, -0.05) is 60.7 Å². The molecule has 0 radical (unpaired) electrons. The van der Waals surface area contributed by atoms with Crippen LogP contribution in [0, 0.1) is 0 Å². The molecule has 0 spiro atoms. The summed E-state index contributed by atoms with van der Waals surface area (Å²) in [5.41, 5.74) is 3.77. The second-order valence-electron chi connectivity index (χ2n) is 6.20. The van der Waals surface area contributed by atoms with Crippen molar-refractivity contribution in [3.63, 3.8) is 0 Å². The molecule has 5 rings (SSSR count). The van der Waals surface area contributed by atoms with Gasteiger partial charge in [-0.25, -0.2) is 4.98 Å². The fourth-order valence-electron chi connectivity index (χ4n) is 3.12.